The van der Waals surface area contributed by atoms with E-state index < -0.39 is 0 Å². The smallest absolute Gasteiger partial charge is 0.217 e. The van der Waals surface area contributed by atoms with E-state index in [1.54, 1.807) is 0 Å². The Kier molecular flexibility index (Phi) is 4.99. The number of primary amides is 1. The molecule has 0 unspecified atom stereocenters. The molecule has 3 N–H and O–H groups in total. The van der Waals surface area contributed by atoms with Crippen LogP contribution in [-0.4, -0.2) is 18.5 Å². The van der Waals surface area contributed by atoms with E-state index in [9.17, 15) is 4.79 Å². The second kappa shape index (κ2) is 7.16. The Bertz CT molecular complexity index is 667. The van der Waals surface area contributed by atoms with Gasteiger partial charge in [0.05, 0.1) is 0 Å². The molecule has 0 spiro atoms. The number of hydrogen-bond acceptors (Lipinski definition) is 2. The fraction of sp³-hybridized carbons (Fsp3) is 0.316. The predicted molar refractivity (Wildman–Crippen MR) is 94.5 cm³/mol. The van der Waals surface area contributed by atoms with E-state index in [1.165, 1.54) is 16.7 Å². The van der Waals surface area contributed by atoms with E-state index in [0.717, 1.165) is 24.4 Å². The zero-order chi connectivity index (χ0) is 16.2. The van der Waals surface area contributed by atoms with Crippen LogP contribution in [-0.2, 0) is 4.79 Å². The molecule has 0 bridgehead atoms. The number of nitrogens with one attached hydrogen (secondary N) is 1. The predicted octanol–water partition coefficient (Wildman–Crippen LogP) is 3.72. The summed E-state index contributed by atoms with van der Waals surface area (Å²) in [6.45, 7) is 0.854. The molecule has 3 rings (SSSR count). The summed E-state index contributed by atoms with van der Waals surface area (Å²) in [7, 11) is 0. The lowest BCUT2D eigenvalue weighted by molar-refractivity contribution is -0.118. The Balaban J connectivity index is 1.52. The highest BCUT2D eigenvalue weighted by molar-refractivity contribution is 6.30. The summed E-state index contributed by atoms with van der Waals surface area (Å²) in [5.41, 5.74) is 8.89. The zero-order valence-electron chi connectivity index (χ0n) is 13.0. The highest BCUT2D eigenvalue weighted by Crippen LogP contribution is 2.41. The Morgan fingerprint density at radius 1 is 1.09 bits per heavy atom. The molecule has 1 amide bonds. The Hall–Kier alpha value is -1.84. The summed E-state index contributed by atoms with van der Waals surface area (Å²) in [5.74, 6) is 0.361. The van der Waals surface area contributed by atoms with E-state index in [4.69, 9.17) is 17.3 Å². The van der Waals surface area contributed by atoms with Crippen molar-refractivity contribution in [1.29, 1.82) is 0 Å². The van der Waals surface area contributed by atoms with E-state index in [2.05, 4.69) is 29.6 Å². The zero-order valence-corrected chi connectivity index (χ0v) is 13.7. The van der Waals surface area contributed by atoms with E-state index in [-0.39, 0.29) is 5.91 Å². The molecule has 3 nitrogen and oxygen atoms in total. The summed E-state index contributed by atoms with van der Waals surface area (Å²) in [4.78, 5) is 10.7. The van der Waals surface area contributed by atoms with Gasteiger partial charge in [-0.05, 0) is 48.2 Å². The molecule has 120 valence electrons. The molecule has 0 heterocycles. The molecule has 1 saturated carbocycles. The van der Waals surface area contributed by atoms with Crippen LogP contribution >= 0.6 is 11.6 Å². The molecule has 2 aromatic carbocycles. The van der Waals surface area contributed by atoms with Crippen molar-refractivity contribution in [3.05, 3.63) is 59.1 Å². The topological polar surface area (TPSA) is 55.1 Å². The minimum atomic E-state index is -0.225. The molecule has 4 heteroatoms. The lowest BCUT2D eigenvalue weighted by atomic mass is 10.0. The number of amides is 1. The van der Waals surface area contributed by atoms with Gasteiger partial charge in [-0.15, -0.1) is 0 Å². The van der Waals surface area contributed by atoms with Gasteiger partial charge in [0.2, 0.25) is 5.91 Å². The fourth-order valence-corrected chi connectivity index (χ4v) is 3.03. The third-order valence-electron chi connectivity index (χ3n) is 4.31. The van der Waals surface area contributed by atoms with Crippen LogP contribution in [0.15, 0.2) is 48.5 Å². The Morgan fingerprint density at radius 2 is 1.70 bits per heavy atom. The van der Waals surface area contributed by atoms with E-state index in [1.807, 2.05) is 24.3 Å². The molecule has 2 aromatic rings. The van der Waals surface area contributed by atoms with Crippen molar-refractivity contribution in [2.75, 3.05) is 6.54 Å². The monoisotopic (exact) mass is 328 g/mol. The normalized spacial score (nSPS) is 19.5. The summed E-state index contributed by atoms with van der Waals surface area (Å²) < 4.78 is 0. The number of halogens is 1. The molecular weight excluding hydrogens is 308 g/mol. The second-order valence-corrected chi connectivity index (χ2v) is 6.54. The van der Waals surface area contributed by atoms with Crippen molar-refractivity contribution in [2.45, 2.75) is 31.2 Å². The summed E-state index contributed by atoms with van der Waals surface area (Å²) >= 11 is 5.93. The van der Waals surface area contributed by atoms with Crippen molar-refractivity contribution in [2.24, 2.45) is 5.73 Å². The molecule has 23 heavy (non-hydrogen) atoms. The van der Waals surface area contributed by atoms with Crippen LogP contribution in [0.2, 0.25) is 5.02 Å². The van der Waals surface area contributed by atoms with Crippen molar-refractivity contribution >= 4 is 17.5 Å². The van der Waals surface area contributed by atoms with Crippen LogP contribution in [0.3, 0.4) is 0 Å². The van der Waals surface area contributed by atoms with Crippen LogP contribution in [0.5, 0.6) is 0 Å². The molecule has 0 radical (unpaired) electrons. The van der Waals surface area contributed by atoms with Crippen LogP contribution in [0.4, 0.5) is 0 Å². The number of hydrogen-bond donors (Lipinski definition) is 2. The third kappa shape index (κ3) is 4.34. The summed E-state index contributed by atoms with van der Waals surface area (Å²) in [5, 5.41) is 4.25. The van der Waals surface area contributed by atoms with Crippen LogP contribution in [0.1, 0.15) is 30.7 Å². The molecule has 2 atom stereocenters. The summed E-state index contributed by atoms with van der Waals surface area (Å²) in [6, 6.07) is 17.2. The first-order chi connectivity index (χ1) is 11.1. The minimum absolute atomic E-state index is 0.225. The molecule has 1 aliphatic carbocycles. The van der Waals surface area contributed by atoms with Gasteiger partial charge in [-0.1, -0.05) is 48.0 Å². The van der Waals surface area contributed by atoms with Crippen molar-refractivity contribution in [3.63, 3.8) is 0 Å². The lowest BCUT2D eigenvalue weighted by Gasteiger charge is -2.06. The van der Waals surface area contributed by atoms with Gasteiger partial charge in [0.15, 0.2) is 0 Å². The lowest BCUT2D eigenvalue weighted by Crippen LogP contribution is -2.21. The fourth-order valence-electron chi connectivity index (χ4n) is 2.90. The Morgan fingerprint density at radius 3 is 2.30 bits per heavy atom. The van der Waals surface area contributed by atoms with Gasteiger partial charge >= 0.3 is 0 Å². The highest BCUT2D eigenvalue weighted by atomic mass is 35.5. The van der Waals surface area contributed by atoms with E-state index in [0.29, 0.717) is 18.4 Å². The van der Waals surface area contributed by atoms with Crippen LogP contribution in [0, 0.1) is 0 Å². The molecular formula is C19H21ClN2O. The molecule has 0 saturated heterocycles. The van der Waals surface area contributed by atoms with Crippen LogP contribution in [0.25, 0.3) is 11.1 Å². The largest absolute Gasteiger partial charge is 0.370 e. The molecule has 0 aliphatic heterocycles. The SMILES string of the molecule is NC(=O)CCCN[C@@H]1C[C@H]1c1ccc(-c2ccc(Cl)cc2)cc1. The highest BCUT2D eigenvalue weighted by Gasteiger charge is 2.37. The van der Waals surface area contributed by atoms with Gasteiger partial charge in [0, 0.05) is 23.4 Å². The van der Waals surface area contributed by atoms with Crippen molar-refractivity contribution < 1.29 is 4.79 Å². The number of carbonyl (C=O) groups is 1. The third-order valence-corrected chi connectivity index (χ3v) is 4.57. The first-order valence-electron chi connectivity index (χ1n) is 8.01. The number of nitrogens with two attached hydrogens (primary N) is 1. The number of carbonyl (C=O) groups excluding carboxylic acids is 1. The first-order valence-corrected chi connectivity index (χ1v) is 8.39. The van der Waals surface area contributed by atoms with Gasteiger partial charge in [-0.2, -0.15) is 0 Å². The number of benzene rings is 2. The van der Waals surface area contributed by atoms with Crippen molar-refractivity contribution in [1.82, 2.24) is 5.32 Å². The van der Waals surface area contributed by atoms with Gasteiger partial charge in [-0.3, -0.25) is 4.79 Å². The van der Waals surface area contributed by atoms with Gasteiger partial charge in [0.1, 0.15) is 0 Å². The van der Waals surface area contributed by atoms with Crippen LogP contribution < -0.4 is 11.1 Å². The maximum atomic E-state index is 10.7. The van der Waals surface area contributed by atoms with E-state index >= 15 is 0 Å². The average molecular weight is 329 g/mol. The van der Waals surface area contributed by atoms with Gasteiger partial charge in [-0.25, -0.2) is 0 Å². The number of rotatable bonds is 7. The minimum Gasteiger partial charge on any atom is -0.370 e. The second-order valence-electron chi connectivity index (χ2n) is 6.10. The molecule has 1 fully saturated rings. The van der Waals surface area contributed by atoms with Gasteiger partial charge < -0.3 is 11.1 Å². The molecule has 1 aliphatic rings. The first kappa shape index (κ1) is 16.0. The Labute approximate surface area is 141 Å². The van der Waals surface area contributed by atoms with Gasteiger partial charge in [0.25, 0.3) is 0 Å². The average Bonchev–Trinajstić information content (AvgIpc) is 3.32. The quantitative estimate of drug-likeness (QED) is 0.761. The van der Waals surface area contributed by atoms with Crippen molar-refractivity contribution in [3.8, 4) is 11.1 Å². The maximum absolute atomic E-state index is 10.7. The summed E-state index contributed by atoms with van der Waals surface area (Å²) in [6.07, 6.45) is 2.44. The molecule has 0 aromatic heterocycles. The standard InChI is InChI=1S/C19H21ClN2O/c20-16-9-7-14(8-10-16)13-3-5-15(6-4-13)17-12-18(17)22-11-1-2-19(21)23/h3-10,17-18,22H,1-2,11-12H2,(H2,21,23)/t17-,18+/m0/s1. The maximum Gasteiger partial charge on any atom is 0.217 e.